The van der Waals surface area contributed by atoms with Gasteiger partial charge in [0.1, 0.15) is 17.6 Å². The molecule has 1 aliphatic rings. The Morgan fingerprint density at radius 3 is 2.97 bits per heavy atom. The van der Waals surface area contributed by atoms with Gasteiger partial charge in [-0.05, 0) is 54.6 Å². The zero-order chi connectivity index (χ0) is 23.2. The number of rotatable bonds is 10. The van der Waals surface area contributed by atoms with E-state index in [1.807, 2.05) is 30.0 Å². The number of carbonyl (C=O) groups excluding carboxylic acids is 1. The summed E-state index contributed by atoms with van der Waals surface area (Å²) in [4.78, 5) is 20.8. The molecule has 1 fully saturated rings. The Hall–Kier alpha value is -2.20. The van der Waals surface area contributed by atoms with Gasteiger partial charge in [-0.2, -0.15) is 0 Å². The number of ether oxygens (including phenoxy) is 1. The number of nitrogens with two attached hydrogens (primary N) is 1. The lowest BCUT2D eigenvalue weighted by Gasteiger charge is -2.40. The summed E-state index contributed by atoms with van der Waals surface area (Å²) in [5, 5.41) is 2.86. The highest BCUT2D eigenvalue weighted by Gasteiger charge is 2.30. The number of thiophene rings is 1. The first-order valence-corrected chi connectivity index (χ1v) is 12.9. The molecule has 0 unspecified atom stereocenters. The number of thioether (sulfide) groups is 1. The Bertz CT molecular complexity index is 1080. The van der Waals surface area contributed by atoms with Crippen molar-refractivity contribution in [3.05, 3.63) is 53.3 Å². The molecule has 4 rings (SSSR count). The molecule has 9 heteroatoms. The number of aromatic nitrogens is 1. The number of pyridine rings is 1. The number of benzene rings is 1. The van der Waals surface area contributed by atoms with Gasteiger partial charge in [0.2, 0.25) is 5.91 Å². The summed E-state index contributed by atoms with van der Waals surface area (Å²) in [6.45, 7) is 3.95. The van der Waals surface area contributed by atoms with Crippen LogP contribution < -0.4 is 10.5 Å². The van der Waals surface area contributed by atoms with Crippen molar-refractivity contribution >= 4 is 39.9 Å². The largest absolute Gasteiger partial charge is 0.497 e. The normalized spacial score (nSPS) is 17.5. The fraction of sp³-hybridized carbons (Fsp3) is 0.417. The number of carbonyl (C=O) groups is 1. The Labute approximate surface area is 201 Å². The van der Waals surface area contributed by atoms with Crippen LogP contribution in [0.1, 0.15) is 12.0 Å². The topological polar surface area (TPSA) is 71.7 Å². The molecule has 1 aromatic carbocycles. The Kier molecular flexibility index (Phi) is 8.19. The van der Waals surface area contributed by atoms with Gasteiger partial charge in [0.25, 0.3) is 0 Å². The zero-order valence-corrected chi connectivity index (χ0v) is 20.3. The fourth-order valence-corrected chi connectivity index (χ4v) is 6.14. The van der Waals surface area contributed by atoms with Gasteiger partial charge in [0.05, 0.1) is 23.0 Å². The molecule has 33 heavy (non-hydrogen) atoms. The van der Waals surface area contributed by atoms with Crippen LogP contribution in [0.15, 0.2) is 46.1 Å². The van der Waals surface area contributed by atoms with Crippen LogP contribution in [0, 0.1) is 5.82 Å². The molecule has 3 heterocycles. The summed E-state index contributed by atoms with van der Waals surface area (Å²) in [5.74, 6) is 1.06. The van der Waals surface area contributed by atoms with Gasteiger partial charge in [0, 0.05) is 37.3 Å². The quantitative estimate of drug-likeness (QED) is 0.440. The van der Waals surface area contributed by atoms with E-state index in [2.05, 4.69) is 32.3 Å². The van der Waals surface area contributed by atoms with Crippen LogP contribution in [-0.2, 0) is 11.2 Å². The first-order chi connectivity index (χ1) is 16.0. The van der Waals surface area contributed by atoms with Crippen LogP contribution in [0.25, 0.3) is 10.9 Å². The molecule has 3 aromatic rings. The minimum Gasteiger partial charge on any atom is -0.497 e. The number of hydrogen-bond donors (Lipinski definition) is 1. The number of methoxy groups -OCH3 is 1. The van der Waals surface area contributed by atoms with Crippen molar-refractivity contribution in [2.24, 2.45) is 5.73 Å². The first kappa shape index (κ1) is 23.9. The zero-order valence-electron chi connectivity index (χ0n) is 18.7. The summed E-state index contributed by atoms with van der Waals surface area (Å²) >= 11 is 3.60. The van der Waals surface area contributed by atoms with Crippen LogP contribution in [0.5, 0.6) is 5.75 Å². The average molecular weight is 489 g/mol. The van der Waals surface area contributed by atoms with Gasteiger partial charge < -0.3 is 10.5 Å². The summed E-state index contributed by atoms with van der Waals surface area (Å²) in [7, 11) is 1.60. The van der Waals surface area contributed by atoms with E-state index in [1.54, 1.807) is 18.4 Å². The lowest BCUT2D eigenvalue weighted by Crippen LogP contribution is -2.58. The number of fused-ring (bicyclic) bond motifs is 1. The monoisotopic (exact) mass is 488 g/mol. The molecule has 2 aromatic heterocycles. The first-order valence-electron chi connectivity index (χ1n) is 11.1. The third-order valence-electron chi connectivity index (χ3n) is 6.06. The van der Waals surface area contributed by atoms with Crippen molar-refractivity contribution in [1.82, 2.24) is 14.8 Å². The van der Waals surface area contributed by atoms with E-state index < -0.39 is 0 Å². The molecule has 0 radical (unpaired) electrons. The number of hydrogen-bond acceptors (Lipinski definition) is 7. The molecule has 0 saturated carbocycles. The minimum absolute atomic E-state index is 0.295. The standard InChI is InChI=1S/C24H29FN4O2S2/c1-31-17-6-7-21-19(14-17)18(20(25)15-27-21)4-2-8-29-10-9-28(16-22(29)24(26)30)11-13-33-23-5-3-12-32-23/h3,5-7,12,14-15,22H,2,4,8-11,13,16H2,1H3,(H2,26,30)/t22-/m1/s1. The third-order valence-corrected chi connectivity index (χ3v) is 8.17. The van der Waals surface area contributed by atoms with E-state index in [-0.39, 0.29) is 17.8 Å². The van der Waals surface area contributed by atoms with Crippen molar-refractivity contribution in [2.45, 2.75) is 23.1 Å². The van der Waals surface area contributed by atoms with E-state index in [0.29, 0.717) is 30.8 Å². The smallest absolute Gasteiger partial charge is 0.236 e. The van der Waals surface area contributed by atoms with E-state index in [0.717, 1.165) is 42.7 Å². The molecule has 0 aliphatic carbocycles. The maximum atomic E-state index is 14.6. The van der Waals surface area contributed by atoms with Crippen LogP contribution in [0.2, 0.25) is 0 Å². The number of piperazine rings is 1. The molecule has 1 saturated heterocycles. The van der Waals surface area contributed by atoms with Gasteiger partial charge in [-0.1, -0.05) is 6.07 Å². The SMILES string of the molecule is COc1ccc2ncc(F)c(CCCN3CCN(CCSc4cccs4)C[C@@H]3C(N)=O)c2c1. The summed E-state index contributed by atoms with van der Waals surface area (Å²) < 4.78 is 21.2. The Morgan fingerprint density at radius 1 is 1.33 bits per heavy atom. The van der Waals surface area contributed by atoms with E-state index in [4.69, 9.17) is 10.5 Å². The molecular weight excluding hydrogens is 459 g/mol. The van der Waals surface area contributed by atoms with Crippen molar-refractivity contribution < 1.29 is 13.9 Å². The Balaban J connectivity index is 1.33. The Morgan fingerprint density at radius 2 is 2.21 bits per heavy atom. The van der Waals surface area contributed by atoms with Crippen molar-refractivity contribution in [1.29, 1.82) is 0 Å². The highest BCUT2D eigenvalue weighted by atomic mass is 32.2. The van der Waals surface area contributed by atoms with Gasteiger partial charge in [-0.15, -0.1) is 23.1 Å². The van der Waals surface area contributed by atoms with E-state index in [1.165, 1.54) is 10.4 Å². The van der Waals surface area contributed by atoms with Gasteiger partial charge in [0.15, 0.2) is 0 Å². The lowest BCUT2D eigenvalue weighted by atomic mass is 10.0. The van der Waals surface area contributed by atoms with Gasteiger partial charge >= 0.3 is 0 Å². The molecule has 1 aliphatic heterocycles. The highest BCUT2D eigenvalue weighted by molar-refractivity contribution is 8.01. The van der Waals surface area contributed by atoms with Crippen molar-refractivity contribution in [3.8, 4) is 5.75 Å². The molecular formula is C24H29FN4O2S2. The number of aryl methyl sites for hydroxylation is 1. The van der Waals surface area contributed by atoms with Crippen molar-refractivity contribution in [2.75, 3.05) is 45.6 Å². The third kappa shape index (κ3) is 6.03. The molecule has 176 valence electrons. The predicted octanol–water partition coefficient (Wildman–Crippen LogP) is 3.64. The molecule has 0 spiro atoms. The maximum absolute atomic E-state index is 14.6. The summed E-state index contributed by atoms with van der Waals surface area (Å²) in [6, 6.07) is 9.38. The molecule has 1 atom stereocenters. The summed E-state index contributed by atoms with van der Waals surface area (Å²) in [6.07, 6.45) is 2.57. The van der Waals surface area contributed by atoms with Gasteiger partial charge in [-0.25, -0.2) is 4.39 Å². The number of primary amides is 1. The average Bonchev–Trinajstić information content (AvgIpc) is 3.34. The molecule has 0 bridgehead atoms. The second-order valence-corrected chi connectivity index (χ2v) is 10.4. The second-order valence-electron chi connectivity index (χ2n) is 8.11. The molecule has 6 nitrogen and oxygen atoms in total. The fourth-order valence-electron chi connectivity index (χ4n) is 4.28. The summed E-state index contributed by atoms with van der Waals surface area (Å²) in [5.41, 5.74) is 7.13. The van der Waals surface area contributed by atoms with Crippen molar-refractivity contribution in [3.63, 3.8) is 0 Å². The van der Waals surface area contributed by atoms with Gasteiger partial charge in [-0.3, -0.25) is 19.6 Å². The van der Waals surface area contributed by atoms with Crippen LogP contribution in [0.4, 0.5) is 4.39 Å². The van der Waals surface area contributed by atoms with Crippen LogP contribution >= 0.6 is 23.1 Å². The number of nitrogens with zero attached hydrogens (tertiary/aromatic N) is 3. The van der Waals surface area contributed by atoms with Crippen LogP contribution in [0.3, 0.4) is 0 Å². The van der Waals surface area contributed by atoms with E-state index >= 15 is 0 Å². The van der Waals surface area contributed by atoms with Crippen LogP contribution in [-0.4, -0.2) is 72.3 Å². The lowest BCUT2D eigenvalue weighted by molar-refractivity contribution is -0.125. The minimum atomic E-state index is -0.315. The van der Waals surface area contributed by atoms with E-state index in [9.17, 15) is 9.18 Å². The molecule has 1 amide bonds. The molecule has 2 N–H and O–H groups in total. The predicted molar refractivity (Wildman–Crippen MR) is 133 cm³/mol. The highest BCUT2D eigenvalue weighted by Crippen LogP contribution is 2.26. The maximum Gasteiger partial charge on any atom is 0.236 e. The number of amides is 1. The number of halogens is 1. The second kappa shape index (κ2) is 11.3.